The summed E-state index contributed by atoms with van der Waals surface area (Å²) in [6.45, 7) is -3.01. The van der Waals surface area contributed by atoms with Crippen LogP contribution in [0.15, 0.2) is 48.5 Å². The number of rotatable bonds is 4. The van der Waals surface area contributed by atoms with Crippen LogP contribution in [0.2, 0.25) is 0 Å². The molecule has 6 nitrogen and oxygen atoms in total. The van der Waals surface area contributed by atoms with Gasteiger partial charge in [-0.25, -0.2) is 0 Å². The lowest BCUT2D eigenvalue weighted by Crippen LogP contribution is -2.41. The Balaban J connectivity index is 2.00. The molecular weight excluding hydrogens is 310 g/mol. The topological polar surface area (TPSA) is 87.7 Å². The Morgan fingerprint density at radius 3 is 2.39 bits per heavy atom. The first-order valence-electron chi connectivity index (χ1n) is 6.41. The molecule has 120 valence electrons. The lowest BCUT2D eigenvalue weighted by Gasteiger charge is -2.09. The SMILES string of the molecule is O=C(NNC(=O)c1ccccc1O)c1cccc(OC(F)F)c1. The fraction of sp³-hybridized carbons (Fsp3) is 0.0667. The highest BCUT2D eigenvalue weighted by molar-refractivity contribution is 6.00. The van der Waals surface area contributed by atoms with Gasteiger partial charge < -0.3 is 9.84 Å². The predicted molar refractivity (Wildman–Crippen MR) is 76.1 cm³/mol. The Morgan fingerprint density at radius 2 is 1.70 bits per heavy atom. The number of phenolic OH excluding ortho intramolecular Hbond substituents is 1. The van der Waals surface area contributed by atoms with Crippen molar-refractivity contribution in [1.29, 1.82) is 0 Å². The Labute approximate surface area is 129 Å². The zero-order valence-electron chi connectivity index (χ0n) is 11.6. The van der Waals surface area contributed by atoms with Crippen LogP contribution in [-0.2, 0) is 0 Å². The molecule has 8 heteroatoms. The number of ether oxygens (including phenoxy) is 1. The minimum absolute atomic E-state index is 0.0146. The number of hydrazine groups is 1. The lowest BCUT2D eigenvalue weighted by molar-refractivity contribution is -0.0498. The van der Waals surface area contributed by atoms with Gasteiger partial charge in [0.2, 0.25) is 0 Å². The summed E-state index contributed by atoms with van der Waals surface area (Å²) in [5.41, 5.74) is 4.21. The van der Waals surface area contributed by atoms with Crippen LogP contribution < -0.4 is 15.6 Å². The molecule has 0 saturated heterocycles. The molecule has 0 heterocycles. The van der Waals surface area contributed by atoms with Gasteiger partial charge in [0.1, 0.15) is 11.5 Å². The predicted octanol–water partition coefficient (Wildman–Crippen LogP) is 2.07. The van der Waals surface area contributed by atoms with Gasteiger partial charge in [-0.15, -0.1) is 0 Å². The second-order valence-electron chi connectivity index (χ2n) is 4.33. The van der Waals surface area contributed by atoms with Crippen molar-refractivity contribution in [1.82, 2.24) is 10.9 Å². The van der Waals surface area contributed by atoms with Crippen molar-refractivity contribution in [2.45, 2.75) is 6.61 Å². The van der Waals surface area contributed by atoms with Gasteiger partial charge in [0.05, 0.1) is 5.56 Å². The van der Waals surface area contributed by atoms with E-state index in [4.69, 9.17) is 0 Å². The van der Waals surface area contributed by atoms with Crippen LogP contribution in [0.1, 0.15) is 20.7 Å². The number of benzene rings is 2. The molecule has 0 aliphatic heterocycles. The van der Waals surface area contributed by atoms with Crippen LogP contribution in [0.5, 0.6) is 11.5 Å². The molecule has 0 aromatic heterocycles. The Kier molecular flexibility index (Phi) is 5.08. The van der Waals surface area contributed by atoms with Crippen LogP contribution in [0.3, 0.4) is 0 Å². The zero-order chi connectivity index (χ0) is 16.8. The summed E-state index contributed by atoms with van der Waals surface area (Å²) in [7, 11) is 0. The number of hydrogen-bond acceptors (Lipinski definition) is 4. The highest BCUT2D eigenvalue weighted by Crippen LogP contribution is 2.16. The van der Waals surface area contributed by atoms with Crippen molar-refractivity contribution in [3.05, 3.63) is 59.7 Å². The Hall–Kier alpha value is -3.16. The third kappa shape index (κ3) is 4.40. The van der Waals surface area contributed by atoms with Gasteiger partial charge in [-0.1, -0.05) is 18.2 Å². The standard InChI is InChI=1S/C15H12F2N2O4/c16-15(17)23-10-5-3-4-9(8-10)13(21)18-19-14(22)11-6-1-2-7-12(11)20/h1-8,15,20H,(H,18,21)(H,19,22). The van der Waals surface area contributed by atoms with E-state index in [2.05, 4.69) is 15.6 Å². The fourth-order valence-electron chi connectivity index (χ4n) is 1.73. The maximum atomic E-state index is 12.1. The van der Waals surface area contributed by atoms with Gasteiger partial charge in [-0.2, -0.15) is 8.78 Å². The number of aromatic hydroxyl groups is 1. The first-order chi connectivity index (χ1) is 11.0. The van der Waals surface area contributed by atoms with Gasteiger partial charge >= 0.3 is 6.61 Å². The monoisotopic (exact) mass is 322 g/mol. The molecular formula is C15H12F2N2O4. The average Bonchev–Trinajstić information content (AvgIpc) is 2.52. The average molecular weight is 322 g/mol. The van der Waals surface area contributed by atoms with E-state index in [1.807, 2.05) is 0 Å². The Morgan fingerprint density at radius 1 is 1.00 bits per heavy atom. The summed E-state index contributed by atoms with van der Waals surface area (Å²) in [6.07, 6.45) is 0. The molecule has 0 saturated carbocycles. The van der Waals surface area contributed by atoms with Crippen LogP contribution in [0.25, 0.3) is 0 Å². The molecule has 0 unspecified atom stereocenters. The maximum absolute atomic E-state index is 12.1. The summed E-state index contributed by atoms with van der Waals surface area (Å²) in [6, 6.07) is 10.9. The number of phenols is 1. The molecule has 0 atom stereocenters. The maximum Gasteiger partial charge on any atom is 0.387 e. The van der Waals surface area contributed by atoms with E-state index in [1.54, 1.807) is 12.1 Å². The zero-order valence-corrected chi connectivity index (χ0v) is 11.6. The molecule has 0 radical (unpaired) electrons. The number of carbonyl (C=O) groups excluding carboxylic acids is 2. The summed E-state index contributed by atoms with van der Waals surface area (Å²) in [5, 5.41) is 9.52. The highest BCUT2D eigenvalue weighted by Gasteiger charge is 2.13. The number of para-hydroxylation sites is 1. The molecule has 0 spiro atoms. The largest absolute Gasteiger partial charge is 0.507 e. The smallest absolute Gasteiger partial charge is 0.387 e. The van der Waals surface area contributed by atoms with Crippen LogP contribution in [0.4, 0.5) is 8.78 Å². The van der Waals surface area contributed by atoms with E-state index in [0.29, 0.717) is 0 Å². The second kappa shape index (κ2) is 7.21. The first kappa shape index (κ1) is 16.2. The molecule has 0 aliphatic carbocycles. The number of hydrogen-bond donors (Lipinski definition) is 3. The number of amides is 2. The van der Waals surface area contributed by atoms with Crippen molar-refractivity contribution in [2.24, 2.45) is 0 Å². The van der Waals surface area contributed by atoms with Crippen LogP contribution in [-0.4, -0.2) is 23.5 Å². The van der Waals surface area contributed by atoms with Crippen LogP contribution >= 0.6 is 0 Å². The summed E-state index contributed by atoms with van der Waals surface area (Å²) in [5.74, 6) is -1.88. The van der Waals surface area contributed by atoms with E-state index in [9.17, 15) is 23.5 Å². The van der Waals surface area contributed by atoms with Gasteiger partial charge in [0.25, 0.3) is 11.8 Å². The third-order valence-corrected chi connectivity index (χ3v) is 2.76. The number of halogens is 2. The van der Waals surface area contributed by atoms with Crippen molar-refractivity contribution in [3.63, 3.8) is 0 Å². The van der Waals surface area contributed by atoms with E-state index < -0.39 is 18.4 Å². The van der Waals surface area contributed by atoms with Gasteiger partial charge in [0, 0.05) is 5.56 Å². The van der Waals surface area contributed by atoms with Crippen molar-refractivity contribution < 1.29 is 28.2 Å². The third-order valence-electron chi connectivity index (χ3n) is 2.76. The van der Waals surface area contributed by atoms with Gasteiger partial charge in [0.15, 0.2) is 0 Å². The molecule has 2 amide bonds. The second-order valence-corrected chi connectivity index (χ2v) is 4.33. The van der Waals surface area contributed by atoms with E-state index in [1.165, 1.54) is 30.3 Å². The van der Waals surface area contributed by atoms with E-state index in [0.717, 1.165) is 6.07 Å². The molecule has 2 rings (SSSR count). The van der Waals surface area contributed by atoms with Gasteiger partial charge in [-0.3, -0.25) is 20.4 Å². The lowest BCUT2D eigenvalue weighted by atomic mass is 10.2. The Bertz CT molecular complexity index is 722. The summed E-state index contributed by atoms with van der Waals surface area (Å²) < 4.78 is 28.4. The number of alkyl halides is 2. The molecule has 0 bridgehead atoms. The molecule has 2 aromatic rings. The van der Waals surface area contributed by atoms with Crippen molar-refractivity contribution >= 4 is 11.8 Å². The van der Waals surface area contributed by atoms with E-state index >= 15 is 0 Å². The normalized spacial score (nSPS) is 10.2. The molecule has 0 fully saturated rings. The minimum atomic E-state index is -3.01. The minimum Gasteiger partial charge on any atom is -0.507 e. The molecule has 0 aliphatic rings. The molecule has 23 heavy (non-hydrogen) atoms. The summed E-state index contributed by atoms with van der Waals surface area (Å²) >= 11 is 0. The quantitative estimate of drug-likeness (QED) is 0.752. The van der Waals surface area contributed by atoms with E-state index in [-0.39, 0.29) is 22.6 Å². The number of carbonyl (C=O) groups is 2. The number of nitrogens with one attached hydrogen (secondary N) is 2. The van der Waals surface area contributed by atoms with Crippen LogP contribution in [0, 0.1) is 0 Å². The molecule has 2 aromatic carbocycles. The van der Waals surface area contributed by atoms with Crippen molar-refractivity contribution in [2.75, 3.05) is 0 Å². The van der Waals surface area contributed by atoms with Gasteiger partial charge in [-0.05, 0) is 30.3 Å². The fourth-order valence-corrected chi connectivity index (χ4v) is 1.73. The summed E-state index contributed by atoms with van der Waals surface area (Å²) in [4.78, 5) is 23.7. The molecule has 3 N–H and O–H groups in total. The van der Waals surface area contributed by atoms with Crippen molar-refractivity contribution in [3.8, 4) is 11.5 Å². The first-order valence-corrected chi connectivity index (χ1v) is 6.41. The highest BCUT2D eigenvalue weighted by atomic mass is 19.3.